The molecule has 0 bridgehead atoms. The Hall–Kier alpha value is -1.36. The van der Waals surface area contributed by atoms with Gasteiger partial charge in [-0.1, -0.05) is 35.7 Å². The molecule has 0 fully saturated rings. The average Bonchev–Trinajstić information content (AvgIpc) is 2.76. The van der Waals surface area contributed by atoms with Gasteiger partial charge in [-0.05, 0) is 50.6 Å². The van der Waals surface area contributed by atoms with E-state index in [1.165, 1.54) is 23.5 Å². The smallest absolute Gasteiger partial charge is 0.174 e. The van der Waals surface area contributed by atoms with Crippen molar-refractivity contribution < 1.29 is 17.1 Å². The maximum absolute atomic E-state index is 4.15. The first-order chi connectivity index (χ1) is 13.5. The first kappa shape index (κ1) is 27.6. The Balaban J connectivity index is 0.000000523. The average molecular weight is 514 g/mol. The predicted molar refractivity (Wildman–Crippen MR) is 134 cm³/mol. The van der Waals surface area contributed by atoms with Crippen LogP contribution in [0, 0.1) is 0 Å². The van der Waals surface area contributed by atoms with Crippen LogP contribution in [0.4, 0.5) is 0 Å². The molecule has 0 unspecified atom stereocenters. The van der Waals surface area contributed by atoms with Crippen molar-refractivity contribution in [2.75, 3.05) is 12.5 Å². The van der Waals surface area contributed by atoms with Gasteiger partial charge >= 0.3 is 0 Å². The van der Waals surface area contributed by atoms with Gasteiger partial charge < -0.3 is 21.1 Å². The van der Waals surface area contributed by atoms with Crippen LogP contribution >= 0.6 is 23.5 Å². The van der Waals surface area contributed by atoms with Gasteiger partial charge in [-0.15, -0.1) is 0 Å². The molecule has 0 spiro atoms. The van der Waals surface area contributed by atoms with E-state index in [4.69, 9.17) is 0 Å². The van der Waals surface area contributed by atoms with Crippen LogP contribution in [-0.4, -0.2) is 42.5 Å². The SMILES string of the molecule is CSC(=[SH+])[N-]N=C(C)c1ccccn1.CSC(=[SH+])[N-]N=C(C)c1ccccn1.[Cu]. The fourth-order valence-corrected chi connectivity index (χ4v) is 1.91. The van der Waals surface area contributed by atoms with E-state index in [-0.39, 0.29) is 17.1 Å². The normalized spacial score (nSPS) is 10.8. The van der Waals surface area contributed by atoms with Crippen molar-refractivity contribution >= 4 is 68.0 Å². The van der Waals surface area contributed by atoms with Crippen molar-refractivity contribution in [1.82, 2.24) is 9.97 Å². The molecule has 0 amide bonds. The largest absolute Gasteiger partial charge is 0.519 e. The molecule has 6 nitrogen and oxygen atoms in total. The van der Waals surface area contributed by atoms with Crippen LogP contribution in [0.15, 0.2) is 59.0 Å². The second kappa shape index (κ2) is 16.4. The zero-order valence-electron chi connectivity index (χ0n) is 16.3. The Labute approximate surface area is 201 Å². The Bertz CT molecular complexity index is 746. The molecule has 2 aromatic rings. The molecule has 0 N–H and O–H groups in total. The van der Waals surface area contributed by atoms with Gasteiger partial charge in [0.05, 0.1) is 11.4 Å². The number of thiol groups is 2. The van der Waals surface area contributed by atoms with E-state index < -0.39 is 0 Å². The monoisotopic (exact) mass is 513 g/mol. The molecule has 0 aliphatic heterocycles. The first-order valence-electron chi connectivity index (χ1n) is 8.01. The third-order valence-electron chi connectivity index (χ3n) is 3.01. The van der Waals surface area contributed by atoms with Crippen LogP contribution in [0.3, 0.4) is 0 Å². The minimum atomic E-state index is 0. The Kier molecular flexibility index (Phi) is 15.7. The van der Waals surface area contributed by atoms with Gasteiger partial charge in [0, 0.05) is 40.9 Å². The molecule has 159 valence electrons. The minimum Gasteiger partial charge on any atom is -0.519 e. The van der Waals surface area contributed by atoms with E-state index in [1.807, 2.05) is 62.8 Å². The molecular weight excluding hydrogens is 492 g/mol. The molecule has 0 saturated heterocycles. The predicted octanol–water partition coefficient (Wildman–Crippen LogP) is 3.82. The van der Waals surface area contributed by atoms with Gasteiger partial charge in [0.2, 0.25) is 0 Å². The molecule has 0 aliphatic carbocycles. The summed E-state index contributed by atoms with van der Waals surface area (Å²) in [6.07, 6.45) is 7.26. The Morgan fingerprint density at radius 3 is 1.45 bits per heavy atom. The number of hydrogen-bond acceptors (Lipinski definition) is 6. The van der Waals surface area contributed by atoms with Gasteiger partial charge in [0.15, 0.2) is 33.1 Å². The van der Waals surface area contributed by atoms with E-state index in [0.29, 0.717) is 8.64 Å². The number of nitrogens with zero attached hydrogens (tertiary/aromatic N) is 6. The van der Waals surface area contributed by atoms with Crippen molar-refractivity contribution in [3.63, 3.8) is 0 Å². The van der Waals surface area contributed by atoms with Crippen molar-refractivity contribution in [2.24, 2.45) is 10.2 Å². The van der Waals surface area contributed by atoms with Crippen LogP contribution in [-0.2, 0) is 41.5 Å². The molecule has 1 radical (unpaired) electrons. The Morgan fingerprint density at radius 1 is 0.793 bits per heavy atom. The molecule has 0 saturated carbocycles. The van der Waals surface area contributed by atoms with Crippen LogP contribution in [0.5, 0.6) is 0 Å². The zero-order chi connectivity index (χ0) is 20.8. The maximum atomic E-state index is 4.15. The van der Waals surface area contributed by atoms with E-state index in [0.717, 1.165) is 22.8 Å². The van der Waals surface area contributed by atoms with E-state index >= 15 is 0 Å². The summed E-state index contributed by atoms with van der Waals surface area (Å²) < 4.78 is 1.28. The summed E-state index contributed by atoms with van der Waals surface area (Å²) in [5.74, 6) is 0. The van der Waals surface area contributed by atoms with Crippen molar-refractivity contribution in [1.29, 1.82) is 0 Å². The molecule has 11 heteroatoms. The minimum absolute atomic E-state index is 0. The third-order valence-corrected chi connectivity index (χ3v) is 5.18. The van der Waals surface area contributed by atoms with E-state index in [9.17, 15) is 0 Å². The first-order valence-corrected chi connectivity index (χ1v) is 11.4. The summed E-state index contributed by atoms with van der Waals surface area (Å²) in [7, 11) is 0. The molecule has 2 rings (SSSR count). The summed E-state index contributed by atoms with van der Waals surface area (Å²) in [4.78, 5) is 8.30. The summed E-state index contributed by atoms with van der Waals surface area (Å²) in [6, 6.07) is 11.4. The molecular formula is C18H22CuN6S4. The summed E-state index contributed by atoms with van der Waals surface area (Å²) in [5.41, 5.74) is 11.1. The van der Waals surface area contributed by atoms with Gasteiger partial charge in [-0.3, -0.25) is 9.97 Å². The van der Waals surface area contributed by atoms with Gasteiger partial charge in [0.25, 0.3) is 0 Å². The van der Waals surface area contributed by atoms with Gasteiger partial charge in [-0.2, -0.15) is 0 Å². The van der Waals surface area contributed by atoms with E-state index in [2.05, 4.69) is 55.5 Å². The number of pyridine rings is 2. The molecule has 29 heavy (non-hydrogen) atoms. The van der Waals surface area contributed by atoms with E-state index in [1.54, 1.807) is 12.4 Å². The second-order valence-corrected chi connectivity index (χ2v) is 8.02. The summed E-state index contributed by atoms with van der Waals surface area (Å²) in [6.45, 7) is 3.74. The quantitative estimate of drug-likeness (QED) is 0.155. The topological polar surface area (TPSA) is 78.7 Å². The number of aromatic nitrogens is 2. The second-order valence-electron chi connectivity index (χ2n) is 4.97. The van der Waals surface area contributed by atoms with Gasteiger partial charge in [-0.25, -0.2) is 0 Å². The van der Waals surface area contributed by atoms with Crippen LogP contribution in [0.2, 0.25) is 0 Å². The molecule has 0 aromatic carbocycles. The Morgan fingerprint density at radius 2 is 1.17 bits per heavy atom. The third kappa shape index (κ3) is 12.0. The fourth-order valence-electron chi connectivity index (χ4n) is 1.57. The zero-order valence-corrected chi connectivity index (χ0v) is 20.7. The molecule has 0 aliphatic rings. The number of thioether (sulfide) groups is 2. The molecule has 0 atom stereocenters. The number of hydrogen-bond donors (Lipinski definition) is 0. The van der Waals surface area contributed by atoms with Crippen LogP contribution in [0.1, 0.15) is 25.2 Å². The summed E-state index contributed by atoms with van der Waals surface area (Å²) in [5, 5.41) is 8.02. The van der Waals surface area contributed by atoms with Crippen molar-refractivity contribution in [2.45, 2.75) is 13.8 Å². The van der Waals surface area contributed by atoms with Crippen molar-refractivity contribution in [3.8, 4) is 0 Å². The fraction of sp³-hybridized carbons (Fsp3) is 0.222. The summed E-state index contributed by atoms with van der Waals surface area (Å²) >= 11 is 11.1. The van der Waals surface area contributed by atoms with Crippen molar-refractivity contribution in [3.05, 3.63) is 71.0 Å². The standard InChI is InChI=1S/2C9H11N3S2.Cu/c2*1-7(11-12-9(13)14-2)8-5-3-4-6-10-8;/h2*3-6H,1-2H3,(H,10,12,13);. The number of rotatable bonds is 4. The van der Waals surface area contributed by atoms with Crippen LogP contribution < -0.4 is 0 Å². The maximum Gasteiger partial charge on any atom is 0.174 e. The van der Waals surface area contributed by atoms with Gasteiger partial charge in [0.1, 0.15) is 0 Å². The molecule has 2 aromatic heterocycles. The van der Waals surface area contributed by atoms with Crippen LogP contribution in [0.25, 0.3) is 10.9 Å². The molecule has 2 heterocycles.